The molecule has 3 rings (SSSR count). The number of ether oxygens (including phenoxy) is 1. The van der Waals surface area contributed by atoms with Crippen molar-refractivity contribution in [1.29, 1.82) is 0 Å². The van der Waals surface area contributed by atoms with E-state index < -0.39 is 11.9 Å². The van der Waals surface area contributed by atoms with E-state index in [2.05, 4.69) is 4.98 Å². The Hall–Kier alpha value is -3.20. The van der Waals surface area contributed by atoms with E-state index in [1.807, 2.05) is 6.92 Å². The highest BCUT2D eigenvalue weighted by Crippen LogP contribution is 2.27. The predicted octanol–water partition coefficient (Wildman–Crippen LogP) is 3.19. The maximum Gasteiger partial charge on any atom is 0.346 e. The van der Waals surface area contributed by atoms with Gasteiger partial charge in [0.15, 0.2) is 0 Å². The van der Waals surface area contributed by atoms with Gasteiger partial charge in [-0.1, -0.05) is 6.92 Å². The van der Waals surface area contributed by atoms with Crippen LogP contribution in [0.15, 0.2) is 29.1 Å². The summed E-state index contributed by atoms with van der Waals surface area (Å²) in [7, 11) is 0. The van der Waals surface area contributed by atoms with Crippen molar-refractivity contribution in [2.24, 2.45) is 0 Å². The van der Waals surface area contributed by atoms with E-state index >= 15 is 0 Å². The third-order valence-corrected chi connectivity index (χ3v) is 5.71. The summed E-state index contributed by atoms with van der Waals surface area (Å²) < 4.78 is 7.19. The first kappa shape index (κ1) is 20.5. The third-order valence-electron chi connectivity index (χ3n) is 4.54. The van der Waals surface area contributed by atoms with Crippen molar-refractivity contribution in [2.75, 3.05) is 6.61 Å². The summed E-state index contributed by atoms with van der Waals surface area (Å²) in [6, 6.07) is 6.11. The van der Waals surface area contributed by atoms with Gasteiger partial charge in [0.2, 0.25) is 0 Å². The summed E-state index contributed by atoms with van der Waals surface area (Å²) >= 11 is 1.02. The van der Waals surface area contributed by atoms with Gasteiger partial charge in [0.25, 0.3) is 5.56 Å². The lowest BCUT2D eigenvalue weighted by Crippen LogP contribution is -2.26. The molecule has 152 valence electrons. The summed E-state index contributed by atoms with van der Waals surface area (Å²) in [5, 5.41) is 18.6. The van der Waals surface area contributed by atoms with Crippen molar-refractivity contribution in [1.82, 2.24) is 9.55 Å². The van der Waals surface area contributed by atoms with E-state index in [9.17, 15) is 19.5 Å². The molecule has 0 radical (unpaired) electrons. The molecule has 8 nitrogen and oxygen atoms in total. The molecule has 2 N–H and O–H groups in total. The van der Waals surface area contributed by atoms with Gasteiger partial charge in [0, 0.05) is 13.0 Å². The second kappa shape index (κ2) is 8.44. The van der Waals surface area contributed by atoms with Crippen molar-refractivity contribution in [3.8, 4) is 5.75 Å². The molecule has 0 aliphatic heterocycles. The molecule has 29 heavy (non-hydrogen) atoms. The van der Waals surface area contributed by atoms with E-state index in [1.54, 1.807) is 23.6 Å². The van der Waals surface area contributed by atoms with Crippen molar-refractivity contribution in [3.05, 3.63) is 56.4 Å². The standard InChI is InChI=1S/C20H20N2O6S/c1-3-14-21-17-15(11(2)16(29-17)20(26)27)18(23)22(14)9-4-10-28-13-7-5-12(6-8-13)19(24)25/h5-8H,3-4,9-10H2,1-2H3,(H,24,25)(H,26,27). The Labute approximate surface area is 170 Å². The molecule has 1 aromatic carbocycles. The van der Waals surface area contributed by atoms with Crippen LogP contribution in [0, 0.1) is 6.92 Å². The van der Waals surface area contributed by atoms with Gasteiger partial charge in [-0.2, -0.15) is 0 Å². The van der Waals surface area contributed by atoms with Crippen molar-refractivity contribution >= 4 is 33.5 Å². The minimum Gasteiger partial charge on any atom is -0.494 e. The van der Waals surface area contributed by atoms with Crippen LogP contribution in [-0.2, 0) is 13.0 Å². The lowest BCUT2D eigenvalue weighted by molar-refractivity contribution is 0.0688. The first-order valence-corrected chi connectivity index (χ1v) is 9.87. The number of carboxylic acid groups (broad SMARTS) is 2. The Kier molecular flexibility index (Phi) is 5.97. The summed E-state index contributed by atoms with van der Waals surface area (Å²) in [4.78, 5) is 40.3. The summed E-state index contributed by atoms with van der Waals surface area (Å²) in [6.07, 6.45) is 1.08. The molecule has 0 saturated carbocycles. The number of aryl methyl sites for hydroxylation is 2. The lowest BCUT2D eigenvalue weighted by Gasteiger charge is -2.12. The maximum absolute atomic E-state index is 13.0. The smallest absolute Gasteiger partial charge is 0.346 e. The molecule has 0 spiro atoms. The van der Waals surface area contributed by atoms with E-state index in [1.165, 1.54) is 12.1 Å². The van der Waals surface area contributed by atoms with Gasteiger partial charge in [-0.05, 0) is 43.2 Å². The highest BCUT2D eigenvalue weighted by atomic mass is 32.1. The number of benzene rings is 1. The van der Waals surface area contributed by atoms with Gasteiger partial charge >= 0.3 is 11.9 Å². The fraction of sp³-hybridized carbons (Fsp3) is 0.300. The Balaban J connectivity index is 1.76. The van der Waals surface area contributed by atoms with Crippen LogP contribution in [0.25, 0.3) is 10.2 Å². The van der Waals surface area contributed by atoms with Gasteiger partial charge in [-0.25, -0.2) is 14.6 Å². The Morgan fingerprint density at radius 1 is 1.17 bits per heavy atom. The molecule has 2 heterocycles. The highest BCUT2D eigenvalue weighted by molar-refractivity contribution is 7.20. The maximum atomic E-state index is 13.0. The Morgan fingerprint density at radius 3 is 2.45 bits per heavy atom. The zero-order valence-corrected chi connectivity index (χ0v) is 16.8. The molecule has 0 fully saturated rings. The quantitative estimate of drug-likeness (QED) is 0.541. The topological polar surface area (TPSA) is 119 Å². The zero-order chi connectivity index (χ0) is 21.1. The second-order valence-electron chi connectivity index (χ2n) is 6.41. The summed E-state index contributed by atoms with van der Waals surface area (Å²) in [5.74, 6) is -0.907. The summed E-state index contributed by atoms with van der Waals surface area (Å²) in [6.45, 7) is 4.24. The number of fused-ring (bicyclic) bond motifs is 1. The van der Waals surface area contributed by atoms with E-state index in [4.69, 9.17) is 9.84 Å². The average molecular weight is 416 g/mol. The number of hydrogen-bond acceptors (Lipinski definition) is 6. The average Bonchev–Trinajstić information content (AvgIpc) is 3.03. The first-order valence-electron chi connectivity index (χ1n) is 9.05. The molecule has 0 aliphatic carbocycles. The number of aromatic carboxylic acids is 2. The fourth-order valence-corrected chi connectivity index (χ4v) is 4.10. The van der Waals surface area contributed by atoms with Crippen LogP contribution in [0.2, 0.25) is 0 Å². The normalized spacial score (nSPS) is 11.0. The minimum atomic E-state index is -1.06. The van der Waals surface area contributed by atoms with Gasteiger partial charge < -0.3 is 14.9 Å². The van der Waals surface area contributed by atoms with E-state index in [-0.39, 0.29) is 16.0 Å². The summed E-state index contributed by atoms with van der Waals surface area (Å²) in [5.41, 5.74) is 0.391. The lowest BCUT2D eigenvalue weighted by atomic mass is 10.2. The van der Waals surface area contributed by atoms with Gasteiger partial charge in [0.1, 0.15) is 21.3 Å². The van der Waals surface area contributed by atoms with Crippen molar-refractivity contribution in [3.63, 3.8) is 0 Å². The Morgan fingerprint density at radius 2 is 1.86 bits per heavy atom. The van der Waals surface area contributed by atoms with E-state index in [0.29, 0.717) is 53.3 Å². The van der Waals surface area contributed by atoms with Crippen LogP contribution >= 0.6 is 11.3 Å². The number of nitrogens with zero attached hydrogens (tertiary/aromatic N) is 2. The van der Waals surface area contributed by atoms with Crippen LogP contribution in [0.4, 0.5) is 0 Å². The largest absolute Gasteiger partial charge is 0.494 e. The first-order chi connectivity index (χ1) is 13.8. The monoisotopic (exact) mass is 416 g/mol. The molecule has 0 aliphatic rings. The molecule has 0 atom stereocenters. The highest BCUT2D eigenvalue weighted by Gasteiger charge is 2.20. The fourth-order valence-electron chi connectivity index (χ4n) is 3.07. The SMILES string of the molecule is CCc1nc2sc(C(=O)O)c(C)c2c(=O)n1CCCOc1ccc(C(=O)O)cc1. The number of aromatic nitrogens is 2. The predicted molar refractivity (Wildman–Crippen MR) is 108 cm³/mol. The second-order valence-corrected chi connectivity index (χ2v) is 7.41. The zero-order valence-electron chi connectivity index (χ0n) is 16.0. The molecule has 0 bridgehead atoms. The Bertz CT molecular complexity index is 1130. The van der Waals surface area contributed by atoms with Crippen LogP contribution in [0.1, 0.15) is 44.8 Å². The van der Waals surface area contributed by atoms with Crippen LogP contribution in [-0.4, -0.2) is 38.3 Å². The van der Waals surface area contributed by atoms with Crippen LogP contribution < -0.4 is 10.3 Å². The van der Waals surface area contributed by atoms with Gasteiger partial charge in [-0.3, -0.25) is 9.36 Å². The van der Waals surface area contributed by atoms with Crippen LogP contribution in [0.5, 0.6) is 5.75 Å². The van der Waals surface area contributed by atoms with Crippen molar-refractivity contribution < 1.29 is 24.5 Å². The molecular formula is C20H20N2O6S. The molecule has 0 amide bonds. The van der Waals surface area contributed by atoms with Crippen LogP contribution in [0.3, 0.4) is 0 Å². The molecule has 2 aromatic heterocycles. The van der Waals surface area contributed by atoms with Gasteiger partial charge in [0.05, 0.1) is 17.6 Å². The number of carbonyl (C=O) groups is 2. The van der Waals surface area contributed by atoms with Crippen molar-refractivity contribution in [2.45, 2.75) is 33.2 Å². The van der Waals surface area contributed by atoms with Gasteiger partial charge in [-0.15, -0.1) is 11.3 Å². The number of carboxylic acids is 2. The number of hydrogen-bond donors (Lipinski definition) is 2. The molecule has 3 aromatic rings. The number of thiophene rings is 1. The van der Waals surface area contributed by atoms with E-state index in [0.717, 1.165) is 11.3 Å². The number of rotatable bonds is 8. The molecule has 0 unspecified atom stereocenters. The molecule has 0 saturated heterocycles. The molecule has 9 heteroatoms. The molecular weight excluding hydrogens is 396 g/mol. The third kappa shape index (κ3) is 4.14. The minimum absolute atomic E-state index is 0.137.